The molecular weight excluding hydrogens is 252 g/mol. The lowest BCUT2D eigenvalue weighted by atomic mass is 10.4. The van der Waals surface area contributed by atoms with Gasteiger partial charge in [-0.15, -0.1) is 24.4 Å². The van der Waals surface area contributed by atoms with E-state index in [2.05, 4.69) is 55.3 Å². The first-order chi connectivity index (χ1) is 7.78. The Balaban J connectivity index is 2.11. The van der Waals surface area contributed by atoms with E-state index in [4.69, 9.17) is 0 Å². The molecule has 82 valence electrons. The fraction of sp³-hybridized carbons (Fsp3) is 0.0769. The van der Waals surface area contributed by atoms with Crippen molar-refractivity contribution in [1.82, 2.24) is 0 Å². The van der Waals surface area contributed by atoms with E-state index in [-0.39, 0.29) is 0 Å². The van der Waals surface area contributed by atoms with E-state index in [1.165, 1.54) is 14.7 Å². The molecule has 0 aliphatic heterocycles. The Morgan fingerprint density at radius 1 is 0.750 bits per heavy atom. The van der Waals surface area contributed by atoms with Crippen molar-refractivity contribution in [3.8, 4) is 0 Å². The number of rotatable bonds is 3. The summed E-state index contributed by atoms with van der Waals surface area (Å²) in [6, 6.07) is 16.8. The molecule has 0 aliphatic carbocycles. The lowest BCUT2D eigenvalue weighted by molar-refractivity contribution is 1.32. The zero-order valence-corrected chi connectivity index (χ0v) is 11.4. The summed E-state index contributed by atoms with van der Waals surface area (Å²) in [6.45, 7) is 0. The monoisotopic (exact) mass is 264 g/mol. The molecule has 0 radical (unpaired) electrons. The molecule has 0 N–H and O–H groups in total. The summed E-state index contributed by atoms with van der Waals surface area (Å²) in [5.41, 5.74) is 0. The lowest BCUT2D eigenvalue weighted by Crippen LogP contribution is -1.74. The Morgan fingerprint density at radius 2 is 1.19 bits per heavy atom. The first-order valence-electron chi connectivity index (χ1n) is 4.89. The molecule has 0 bridgehead atoms. The van der Waals surface area contributed by atoms with Gasteiger partial charge in [-0.3, -0.25) is 0 Å². The van der Waals surface area contributed by atoms with Crippen molar-refractivity contribution in [3.63, 3.8) is 0 Å². The molecule has 0 nitrogen and oxygen atoms in total. The molecule has 2 aromatic rings. The van der Waals surface area contributed by atoms with Gasteiger partial charge >= 0.3 is 0 Å². The van der Waals surface area contributed by atoms with Crippen LogP contribution in [0.3, 0.4) is 0 Å². The van der Waals surface area contributed by atoms with Crippen LogP contribution in [0.25, 0.3) is 0 Å². The van der Waals surface area contributed by atoms with E-state index in [1.54, 1.807) is 23.5 Å². The van der Waals surface area contributed by atoms with Crippen LogP contribution in [0.15, 0.2) is 68.1 Å². The molecule has 0 saturated carbocycles. The highest BCUT2D eigenvalue weighted by Gasteiger charge is 1.97. The van der Waals surface area contributed by atoms with Crippen molar-refractivity contribution in [2.75, 3.05) is 6.26 Å². The van der Waals surface area contributed by atoms with Gasteiger partial charge < -0.3 is 0 Å². The van der Waals surface area contributed by atoms with Gasteiger partial charge in [0.15, 0.2) is 0 Å². The minimum Gasteiger partial charge on any atom is -0.143 e. The fourth-order valence-electron chi connectivity index (χ4n) is 1.29. The molecule has 2 rings (SSSR count). The number of hydrogen-bond donors (Lipinski definition) is 1. The van der Waals surface area contributed by atoms with Gasteiger partial charge in [-0.2, -0.15) is 0 Å². The summed E-state index contributed by atoms with van der Waals surface area (Å²) in [6.07, 6.45) is 2.09. The summed E-state index contributed by atoms with van der Waals surface area (Å²) >= 11 is 7.81. The van der Waals surface area contributed by atoms with E-state index in [9.17, 15) is 0 Å². The van der Waals surface area contributed by atoms with Crippen molar-refractivity contribution in [3.05, 3.63) is 48.5 Å². The molecule has 0 spiro atoms. The largest absolute Gasteiger partial charge is 0.143 e. The van der Waals surface area contributed by atoms with Crippen LogP contribution in [-0.4, -0.2) is 6.26 Å². The normalized spacial score (nSPS) is 10.4. The maximum absolute atomic E-state index is 4.27. The van der Waals surface area contributed by atoms with Crippen molar-refractivity contribution in [2.45, 2.75) is 19.6 Å². The first-order valence-corrected chi connectivity index (χ1v) is 7.38. The second-order valence-corrected chi connectivity index (χ2v) is 5.81. The minimum absolute atomic E-state index is 1.00. The van der Waals surface area contributed by atoms with E-state index >= 15 is 0 Å². The predicted molar refractivity (Wildman–Crippen MR) is 76.0 cm³/mol. The molecule has 0 amide bonds. The SMILES string of the molecule is CSc1ccc(Sc2ccc(S)cc2)cc1. The molecule has 0 unspecified atom stereocenters. The third kappa shape index (κ3) is 3.24. The summed E-state index contributed by atoms with van der Waals surface area (Å²) in [5.74, 6) is 0. The number of thioether (sulfide) groups is 1. The van der Waals surface area contributed by atoms with E-state index < -0.39 is 0 Å². The van der Waals surface area contributed by atoms with Crippen molar-refractivity contribution >= 4 is 36.2 Å². The van der Waals surface area contributed by atoms with Gasteiger partial charge in [0.1, 0.15) is 0 Å². The summed E-state index contributed by atoms with van der Waals surface area (Å²) in [4.78, 5) is 4.82. The Labute approximate surface area is 110 Å². The van der Waals surface area contributed by atoms with Crippen LogP contribution >= 0.6 is 36.2 Å². The Bertz CT molecular complexity index is 446. The maximum atomic E-state index is 4.27. The second kappa shape index (κ2) is 5.71. The average Bonchev–Trinajstić information content (AvgIpc) is 2.33. The highest BCUT2D eigenvalue weighted by atomic mass is 32.2. The molecule has 0 atom stereocenters. The molecule has 0 aromatic heterocycles. The van der Waals surface area contributed by atoms with Crippen LogP contribution in [-0.2, 0) is 0 Å². The highest BCUT2D eigenvalue weighted by Crippen LogP contribution is 2.29. The summed E-state index contributed by atoms with van der Waals surface area (Å²) in [7, 11) is 0. The maximum Gasteiger partial charge on any atom is 0.0123 e. The summed E-state index contributed by atoms with van der Waals surface area (Å²) < 4.78 is 0. The molecule has 0 aliphatic rings. The van der Waals surface area contributed by atoms with Gasteiger partial charge in [0, 0.05) is 19.6 Å². The van der Waals surface area contributed by atoms with Crippen molar-refractivity contribution in [2.24, 2.45) is 0 Å². The summed E-state index contributed by atoms with van der Waals surface area (Å²) in [5, 5.41) is 0. The zero-order valence-electron chi connectivity index (χ0n) is 8.88. The van der Waals surface area contributed by atoms with Gasteiger partial charge in [-0.25, -0.2) is 0 Å². The molecule has 0 fully saturated rings. The predicted octanol–water partition coefficient (Wildman–Crippen LogP) is 4.85. The molecule has 2 aromatic carbocycles. The average molecular weight is 264 g/mol. The van der Waals surface area contributed by atoms with Crippen LogP contribution in [0.5, 0.6) is 0 Å². The second-order valence-electron chi connectivity index (χ2n) is 3.27. The van der Waals surface area contributed by atoms with Gasteiger partial charge in [0.25, 0.3) is 0 Å². The molecule has 0 heterocycles. The van der Waals surface area contributed by atoms with Gasteiger partial charge in [0.05, 0.1) is 0 Å². The molecule has 0 saturated heterocycles. The van der Waals surface area contributed by atoms with Crippen molar-refractivity contribution in [1.29, 1.82) is 0 Å². The highest BCUT2D eigenvalue weighted by molar-refractivity contribution is 7.99. The fourth-order valence-corrected chi connectivity index (χ4v) is 2.67. The quantitative estimate of drug-likeness (QED) is 0.622. The lowest BCUT2D eigenvalue weighted by Gasteiger charge is -2.02. The standard InChI is InChI=1S/C13H12S3/c1-15-11-6-8-13(9-7-11)16-12-4-2-10(14)3-5-12/h2-9,14H,1H3. The van der Waals surface area contributed by atoms with Gasteiger partial charge in [0.2, 0.25) is 0 Å². The molecular formula is C13H12S3. The topological polar surface area (TPSA) is 0 Å². The van der Waals surface area contributed by atoms with Gasteiger partial charge in [-0.1, -0.05) is 11.8 Å². The first kappa shape index (κ1) is 12.0. The number of benzene rings is 2. The van der Waals surface area contributed by atoms with E-state index in [0.717, 1.165) is 4.90 Å². The minimum atomic E-state index is 1.00. The van der Waals surface area contributed by atoms with Crippen molar-refractivity contribution < 1.29 is 0 Å². The molecule has 3 heteroatoms. The Kier molecular flexibility index (Phi) is 4.27. The van der Waals surface area contributed by atoms with Crippen LogP contribution < -0.4 is 0 Å². The smallest absolute Gasteiger partial charge is 0.0123 e. The van der Waals surface area contributed by atoms with Gasteiger partial charge in [-0.05, 0) is 54.8 Å². The zero-order chi connectivity index (χ0) is 11.4. The van der Waals surface area contributed by atoms with E-state index in [0.29, 0.717) is 0 Å². The van der Waals surface area contributed by atoms with E-state index in [1.807, 2.05) is 12.1 Å². The van der Waals surface area contributed by atoms with Crippen LogP contribution in [0.2, 0.25) is 0 Å². The Morgan fingerprint density at radius 3 is 1.69 bits per heavy atom. The number of thiol groups is 1. The van der Waals surface area contributed by atoms with Crippen LogP contribution in [0, 0.1) is 0 Å². The van der Waals surface area contributed by atoms with Crippen LogP contribution in [0.1, 0.15) is 0 Å². The Hall–Kier alpha value is -0.510. The number of hydrogen-bond acceptors (Lipinski definition) is 3. The molecule has 16 heavy (non-hydrogen) atoms. The third-order valence-corrected chi connectivity index (χ3v) is 4.19. The van der Waals surface area contributed by atoms with Crippen LogP contribution in [0.4, 0.5) is 0 Å². The third-order valence-electron chi connectivity index (χ3n) is 2.13.